The van der Waals surface area contributed by atoms with E-state index in [4.69, 9.17) is 28.9 Å². The van der Waals surface area contributed by atoms with Gasteiger partial charge >= 0.3 is 0 Å². The van der Waals surface area contributed by atoms with Crippen LogP contribution in [0.15, 0.2) is 24.3 Å². The van der Waals surface area contributed by atoms with Crippen LogP contribution in [0.3, 0.4) is 0 Å². The molecule has 5 heteroatoms. The number of rotatable bonds is 3. The highest BCUT2D eigenvalue weighted by Gasteiger charge is 2.12. The van der Waals surface area contributed by atoms with Crippen LogP contribution in [0, 0.1) is 6.92 Å². The van der Waals surface area contributed by atoms with Gasteiger partial charge in [0.15, 0.2) is 0 Å². The number of nitrogen functional groups attached to an aromatic ring is 1. The Morgan fingerprint density at radius 2 is 1.83 bits per heavy atom. The maximum absolute atomic E-state index is 6.15. The third kappa shape index (κ3) is 2.91. The second-order valence-electron chi connectivity index (χ2n) is 4.17. The van der Waals surface area contributed by atoms with Crippen molar-refractivity contribution in [2.24, 2.45) is 0 Å². The summed E-state index contributed by atoms with van der Waals surface area (Å²) in [6.07, 6.45) is 0. The minimum absolute atomic E-state index is 0.155. The van der Waals surface area contributed by atoms with E-state index in [1.807, 2.05) is 0 Å². The van der Waals surface area contributed by atoms with Crippen LogP contribution < -0.4 is 11.1 Å². The highest BCUT2D eigenvalue weighted by molar-refractivity contribution is 7.12. The molecule has 0 aliphatic carbocycles. The van der Waals surface area contributed by atoms with Crippen molar-refractivity contribution >= 4 is 45.9 Å². The topological polar surface area (TPSA) is 38.0 Å². The first kappa shape index (κ1) is 13.5. The Balaban J connectivity index is 2.24. The molecule has 0 spiro atoms. The fourth-order valence-corrected chi connectivity index (χ4v) is 3.20. The first-order valence-electron chi connectivity index (χ1n) is 5.54. The molecule has 0 radical (unpaired) electrons. The molecule has 1 unspecified atom stereocenters. The maximum Gasteiger partial charge on any atom is 0.0725 e. The Morgan fingerprint density at radius 1 is 1.22 bits per heavy atom. The average molecular weight is 301 g/mol. The number of halogens is 2. The van der Waals surface area contributed by atoms with Crippen molar-refractivity contribution in [3.8, 4) is 0 Å². The zero-order valence-corrected chi connectivity index (χ0v) is 12.5. The molecule has 0 bridgehead atoms. The van der Waals surface area contributed by atoms with Crippen LogP contribution in [0.2, 0.25) is 10.0 Å². The first-order valence-corrected chi connectivity index (χ1v) is 7.12. The van der Waals surface area contributed by atoms with Gasteiger partial charge in [-0.2, -0.15) is 0 Å². The number of benzene rings is 1. The highest BCUT2D eigenvalue weighted by atomic mass is 35.5. The monoisotopic (exact) mass is 300 g/mol. The largest absolute Gasteiger partial charge is 0.399 e. The summed E-state index contributed by atoms with van der Waals surface area (Å²) in [6.45, 7) is 4.17. The molecule has 0 saturated carbocycles. The third-order valence-corrected chi connectivity index (χ3v) is 4.39. The van der Waals surface area contributed by atoms with E-state index < -0.39 is 0 Å². The molecule has 1 aromatic heterocycles. The van der Waals surface area contributed by atoms with Gasteiger partial charge in [0.1, 0.15) is 0 Å². The third-order valence-electron chi connectivity index (χ3n) is 2.61. The quantitative estimate of drug-likeness (QED) is 0.772. The second-order valence-corrected chi connectivity index (χ2v) is 6.31. The predicted molar refractivity (Wildman–Crippen MR) is 82.0 cm³/mol. The van der Waals surface area contributed by atoms with Crippen LogP contribution in [-0.2, 0) is 0 Å². The zero-order valence-electron chi connectivity index (χ0n) is 10.1. The van der Waals surface area contributed by atoms with Crippen LogP contribution >= 0.6 is 34.5 Å². The normalized spacial score (nSPS) is 12.4. The lowest BCUT2D eigenvalue weighted by molar-refractivity contribution is 0.908. The van der Waals surface area contributed by atoms with Crippen molar-refractivity contribution in [1.82, 2.24) is 0 Å². The molecule has 2 aromatic rings. The van der Waals surface area contributed by atoms with E-state index in [9.17, 15) is 0 Å². The summed E-state index contributed by atoms with van der Waals surface area (Å²) in [4.78, 5) is 2.53. The molecule has 0 saturated heterocycles. The second kappa shape index (κ2) is 5.39. The van der Waals surface area contributed by atoms with Crippen molar-refractivity contribution in [3.05, 3.63) is 44.1 Å². The molecule has 1 aromatic carbocycles. The lowest BCUT2D eigenvalue weighted by Gasteiger charge is -2.16. The van der Waals surface area contributed by atoms with Crippen molar-refractivity contribution in [3.63, 3.8) is 0 Å². The summed E-state index contributed by atoms with van der Waals surface area (Å²) in [6, 6.07) is 7.76. The molecule has 3 N–H and O–H groups in total. The molecule has 1 heterocycles. The number of nitrogens with one attached hydrogen (secondary N) is 1. The highest BCUT2D eigenvalue weighted by Crippen LogP contribution is 2.36. The van der Waals surface area contributed by atoms with E-state index in [-0.39, 0.29) is 6.04 Å². The molecule has 0 aliphatic rings. The molecule has 1 atom stereocenters. The zero-order chi connectivity index (χ0) is 13.3. The van der Waals surface area contributed by atoms with Crippen molar-refractivity contribution in [1.29, 1.82) is 0 Å². The van der Waals surface area contributed by atoms with E-state index >= 15 is 0 Å². The van der Waals surface area contributed by atoms with Crippen LogP contribution in [0.25, 0.3) is 0 Å². The molecule has 96 valence electrons. The summed E-state index contributed by atoms with van der Waals surface area (Å²) in [5, 5.41) is 4.41. The molecule has 2 nitrogen and oxygen atoms in total. The Labute approximate surface area is 121 Å². The van der Waals surface area contributed by atoms with Gasteiger partial charge in [0.2, 0.25) is 0 Å². The lowest BCUT2D eigenvalue weighted by atomic mass is 10.2. The number of thiophene rings is 1. The van der Waals surface area contributed by atoms with E-state index in [0.29, 0.717) is 15.7 Å². The molecular weight excluding hydrogens is 287 g/mol. The number of nitrogens with two attached hydrogens (primary N) is 1. The summed E-state index contributed by atoms with van der Waals surface area (Å²) >= 11 is 14.1. The van der Waals surface area contributed by atoms with Crippen LogP contribution in [-0.4, -0.2) is 0 Å². The molecule has 0 fully saturated rings. The van der Waals surface area contributed by atoms with Crippen molar-refractivity contribution < 1.29 is 0 Å². The number of anilines is 2. The molecule has 0 amide bonds. The van der Waals surface area contributed by atoms with Gasteiger partial charge in [-0.25, -0.2) is 0 Å². The fourth-order valence-electron chi connectivity index (χ4n) is 1.70. The Bertz CT molecular complexity index is 543. The van der Waals surface area contributed by atoms with Gasteiger partial charge in [0.25, 0.3) is 0 Å². The number of hydrogen-bond donors (Lipinski definition) is 2. The summed E-state index contributed by atoms with van der Waals surface area (Å²) in [5.74, 6) is 0. The predicted octanol–water partition coefficient (Wildman–Crippen LogP) is 5.12. The Kier molecular flexibility index (Phi) is 4.05. The Hall–Kier alpha value is -0.900. The van der Waals surface area contributed by atoms with Crippen LogP contribution in [0.1, 0.15) is 22.7 Å². The molecule has 2 rings (SSSR count). The average Bonchev–Trinajstić information content (AvgIpc) is 2.70. The smallest absolute Gasteiger partial charge is 0.0725 e. The van der Waals surface area contributed by atoms with E-state index in [1.165, 1.54) is 9.75 Å². The van der Waals surface area contributed by atoms with Crippen LogP contribution in [0.4, 0.5) is 11.4 Å². The maximum atomic E-state index is 6.15. The van der Waals surface area contributed by atoms with E-state index in [1.54, 1.807) is 23.5 Å². The summed E-state index contributed by atoms with van der Waals surface area (Å²) in [5.41, 5.74) is 6.97. The van der Waals surface area contributed by atoms with Gasteiger partial charge in [0, 0.05) is 15.4 Å². The SMILES string of the molecule is Cc1ccc(C(C)Nc2c(Cl)cc(N)cc2Cl)s1. The molecule has 18 heavy (non-hydrogen) atoms. The van der Waals surface area contributed by atoms with Gasteiger partial charge in [-0.15, -0.1) is 11.3 Å². The van der Waals surface area contributed by atoms with E-state index in [2.05, 4.69) is 31.3 Å². The van der Waals surface area contributed by atoms with Gasteiger partial charge < -0.3 is 11.1 Å². The van der Waals surface area contributed by atoms with Gasteiger partial charge in [-0.1, -0.05) is 23.2 Å². The van der Waals surface area contributed by atoms with Crippen molar-refractivity contribution in [2.75, 3.05) is 11.1 Å². The van der Waals surface area contributed by atoms with Crippen molar-refractivity contribution in [2.45, 2.75) is 19.9 Å². The lowest BCUT2D eigenvalue weighted by Crippen LogP contribution is -2.06. The van der Waals surface area contributed by atoms with E-state index in [0.717, 1.165) is 5.69 Å². The number of hydrogen-bond acceptors (Lipinski definition) is 3. The van der Waals surface area contributed by atoms with Gasteiger partial charge in [-0.3, -0.25) is 0 Å². The minimum Gasteiger partial charge on any atom is -0.399 e. The van der Waals surface area contributed by atoms with Gasteiger partial charge in [0.05, 0.1) is 21.8 Å². The Morgan fingerprint density at radius 3 is 2.33 bits per heavy atom. The molecular formula is C13H14Cl2N2S. The minimum atomic E-state index is 0.155. The summed E-state index contributed by atoms with van der Waals surface area (Å²) < 4.78 is 0. The fraction of sp³-hybridized carbons (Fsp3) is 0.231. The summed E-state index contributed by atoms with van der Waals surface area (Å²) in [7, 11) is 0. The number of aryl methyl sites for hydroxylation is 1. The first-order chi connectivity index (χ1) is 8.47. The van der Waals surface area contributed by atoms with Crippen LogP contribution in [0.5, 0.6) is 0 Å². The molecule has 0 aliphatic heterocycles. The standard InChI is InChI=1S/C13H14Cl2N2S/c1-7-3-4-12(18-7)8(2)17-13-10(14)5-9(16)6-11(13)15/h3-6,8,17H,16H2,1-2H3. The van der Waals surface area contributed by atoms with Gasteiger partial charge in [-0.05, 0) is 38.1 Å².